The fraction of sp³-hybridized carbons (Fsp3) is 0.312. The lowest BCUT2D eigenvalue weighted by Crippen LogP contribution is -2.29. The minimum Gasteiger partial charge on any atom is -0.507 e. The predicted molar refractivity (Wildman–Crippen MR) is 153 cm³/mol. The van der Waals surface area contributed by atoms with Gasteiger partial charge in [-0.2, -0.15) is 0 Å². The van der Waals surface area contributed by atoms with Crippen molar-refractivity contribution in [2.75, 3.05) is 29.5 Å². The smallest absolute Gasteiger partial charge is 0.300 e. The van der Waals surface area contributed by atoms with Gasteiger partial charge in [0.2, 0.25) is 0 Å². The Morgan fingerprint density at radius 1 is 0.868 bits per heavy atom. The summed E-state index contributed by atoms with van der Waals surface area (Å²) >= 11 is 0. The fourth-order valence-electron chi connectivity index (χ4n) is 4.85. The largest absolute Gasteiger partial charge is 0.507 e. The highest BCUT2D eigenvalue weighted by Gasteiger charge is 2.47. The molecule has 38 heavy (non-hydrogen) atoms. The molecule has 3 aromatic carbocycles. The van der Waals surface area contributed by atoms with Gasteiger partial charge in [-0.3, -0.25) is 14.5 Å². The lowest BCUT2D eigenvalue weighted by atomic mass is 9.94. The van der Waals surface area contributed by atoms with Crippen LogP contribution < -0.4 is 14.5 Å². The van der Waals surface area contributed by atoms with Gasteiger partial charge in [-0.15, -0.1) is 0 Å². The van der Waals surface area contributed by atoms with Crippen LogP contribution in [0.4, 0.5) is 11.4 Å². The number of amides is 1. The molecule has 1 amide bonds. The molecule has 0 spiro atoms. The van der Waals surface area contributed by atoms with E-state index in [2.05, 4.69) is 25.7 Å². The number of aryl methyl sites for hydroxylation is 1. The monoisotopic (exact) mass is 512 g/mol. The average Bonchev–Trinajstić information content (AvgIpc) is 3.22. The zero-order valence-corrected chi connectivity index (χ0v) is 22.6. The number of Topliss-reactive ketones (excluding diaryl/α,β-unsaturated/α-hetero) is 1. The number of nitrogens with zero attached hydrogens (tertiary/aromatic N) is 2. The topological polar surface area (TPSA) is 70.1 Å². The van der Waals surface area contributed by atoms with E-state index in [-0.39, 0.29) is 11.3 Å². The number of hydrogen-bond acceptors (Lipinski definition) is 5. The second-order valence-electron chi connectivity index (χ2n) is 9.33. The predicted octanol–water partition coefficient (Wildman–Crippen LogP) is 6.51. The summed E-state index contributed by atoms with van der Waals surface area (Å²) in [6, 6.07) is 21.7. The zero-order chi connectivity index (χ0) is 27.2. The first-order chi connectivity index (χ1) is 18.4. The van der Waals surface area contributed by atoms with E-state index in [0.717, 1.165) is 42.7 Å². The number of ketones is 1. The number of carbonyl (C=O) groups excluding carboxylic acids is 2. The van der Waals surface area contributed by atoms with Gasteiger partial charge in [0.05, 0.1) is 18.2 Å². The molecule has 1 saturated heterocycles. The van der Waals surface area contributed by atoms with Crippen molar-refractivity contribution in [2.45, 2.75) is 46.6 Å². The summed E-state index contributed by atoms with van der Waals surface area (Å²) < 4.78 is 5.66. The molecule has 0 bridgehead atoms. The summed E-state index contributed by atoms with van der Waals surface area (Å²) in [4.78, 5) is 30.6. The molecule has 0 aliphatic carbocycles. The summed E-state index contributed by atoms with van der Waals surface area (Å²) in [6.07, 6.45) is 1.75. The first-order valence-electron chi connectivity index (χ1n) is 13.4. The fourth-order valence-corrected chi connectivity index (χ4v) is 4.85. The molecular formula is C32H36N2O4. The molecule has 1 atom stereocenters. The number of hydrogen-bond donors (Lipinski definition) is 1. The van der Waals surface area contributed by atoms with E-state index in [1.165, 1.54) is 4.90 Å². The van der Waals surface area contributed by atoms with Crippen LogP contribution in [0.1, 0.15) is 56.8 Å². The van der Waals surface area contributed by atoms with Crippen molar-refractivity contribution < 1.29 is 19.4 Å². The van der Waals surface area contributed by atoms with E-state index in [1.807, 2.05) is 55.5 Å². The van der Waals surface area contributed by atoms with Crippen molar-refractivity contribution in [1.82, 2.24) is 0 Å². The van der Waals surface area contributed by atoms with Gasteiger partial charge in [0, 0.05) is 30.0 Å². The van der Waals surface area contributed by atoms with Crippen LogP contribution in [-0.2, 0) is 16.0 Å². The van der Waals surface area contributed by atoms with Crippen LogP contribution in [-0.4, -0.2) is 36.5 Å². The average molecular weight is 513 g/mol. The molecule has 1 heterocycles. The van der Waals surface area contributed by atoms with Crippen molar-refractivity contribution in [3.05, 3.63) is 95.1 Å². The second-order valence-corrected chi connectivity index (χ2v) is 9.33. The van der Waals surface area contributed by atoms with Gasteiger partial charge in [-0.25, -0.2) is 0 Å². The Morgan fingerprint density at radius 3 is 2.05 bits per heavy atom. The number of benzene rings is 3. The summed E-state index contributed by atoms with van der Waals surface area (Å²) in [5.41, 5.74) is 4.10. The normalized spacial score (nSPS) is 16.6. The molecule has 0 saturated carbocycles. The lowest BCUT2D eigenvalue weighted by Gasteiger charge is -2.27. The van der Waals surface area contributed by atoms with Crippen LogP contribution in [0.5, 0.6) is 5.75 Å². The van der Waals surface area contributed by atoms with Crippen molar-refractivity contribution >= 4 is 28.8 Å². The van der Waals surface area contributed by atoms with Crippen molar-refractivity contribution in [3.8, 4) is 5.75 Å². The van der Waals surface area contributed by atoms with Gasteiger partial charge < -0.3 is 14.7 Å². The Hall–Kier alpha value is -4.06. The van der Waals surface area contributed by atoms with E-state index in [4.69, 9.17) is 4.74 Å². The number of aliphatic hydroxyl groups excluding tert-OH is 1. The first-order valence-corrected chi connectivity index (χ1v) is 13.4. The molecule has 0 radical (unpaired) electrons. The Kier molecular flexibility index (Phi) is 8.52. The van der Waals surface area contributed by atoms with E-state index >= 15 is 0 Å². The highest BCUT2D eigenvalue weighted by Crippen LogP contribution is 2.42. The van der Waals surface area contributed by atoms with E-state index < -0.39 is 17.7 Å². The number of anilines is 2. The third kappa shape index (κ3) is 5.30. The standard InChI is InChI=1S/C32H36N2O4/c1-5-21-38-27-19-13-24(14-20-27)30(35)28-29(23-11-17-25(18-12-23)33(7-3)8-4)34(32(37)31(28)36)26-15-9-22(6-2)10-16-26/h9-20,29,35H,5-8,21H2,1-4H3/b30-28-. The second kappa shape index (κ2) is 12.0. The van der Waals surface area contributed by atoms with E-state index in [1.54, 1.807) is 24.3 Å². The third-order valence-electron chi connectivity index (χ3n) is 7.01. The molecule has 0 aromatic heterocycles. The maximum absolute atomic E-state index is 13.4. The zero-order valence-electron chi connectivity index (χ0n) is 22.6. The molecule has 1 fully saturated rings. The molecule has 4 rings (SSSR count). The van der Waals surface area contributed by atoms with Crippen LogP contribution in [0, 0.1) is 0 Å². The van der Waals surface area contributed by atoms with E-state index in [0.29, 0.717) is 23.6 Å². The highest BCUT2D eigenvalue weighted by molar-refractivity contribution is 6.51. The summed E-state index contributed by atoms with van der Waals surface area (Å²) in [5.74, 6) is -0.873. The van der Waals surface area contributed by atoms with Crippen molar-refractivity contribution in [3.63, 3.8) is 0 Å². The maximum atomic E-state index is 13.4. The number of carbonyl (C=O) groups is 2. The molecule has 1 unspecified atom stereocenters. The van der Waals surface area contributed by atoms with Gasteiger partial charge >= 0.3 is 0 Å². The summed E-state index contributed by atoms with van der Waals surface area (Å²) in [6.45, 7) is 10.6. The quantitative estimate of drug-likeness (QED) is 0.190. The SMILES string of the molecule is CCCOc1ccc(/C(O)=C2/C(=O)C(=O)N(c3ccc(CC)cc3)C2c2ccc(N(CC)CC)cc2)cc1. The van der Waals surface area contributed by atoms with Crippen molar-refractivity contribution in [1.29, 1.82) is 0 Å². The molecule has 6 nitrogen and oxygen atoms in total. The highest BCUT2D eigenvalue weighted by atomic mass is 16.5. The third-order valence-corrected chi connectivity index (χ3v) is 7.01. The summed E-state index contributed by atoms with van der Waals surface area (Å²) in [7, 11) is 0. The van der Waals surface area contributed by atoms with Gasteiger partial charge in [0.15, 0.2) is 0 Å². The van der Waals surface area contributed by atoms with Crippen molar-refractivity contribution in [2.24, 2.45) is 0 Å². The van der Waals surface area contributed by atoms with Gasteiger partial charge in [-0.05, 0) is 86.3 Å². The van der Waals surface area contributed by atoms with Crippen LogP contribution in [0.2, 0.25) is 0 Å². The van der Waals surface area contributed by atoms with Crippen LogP contribution in [0.3, 0.4) is 0 Å². The molecule has 6 heteroatoms. The molecule has 3 aromatic rings. The van der Waals surface area contributed by atoms with Gasteiger partial charge in [0.25, 0.3) is 11.7 Å². The lowest BCUT2D eigenvalue weighted by molar-refractivity contribution is -0.132. The minimum absolute atomic E-state index is 0.0763. The molecule has 198 valence electrons. The number of aliphatic hydroxyl groups is 1. The summed E-state index contributed by atoms with van der Waals surface area (Å²) in [5, 5.41) is 11.4. The van der Waals surface area contributed by atoms with Gasteiger partial charge in [0.1, 0.15) is 11.5 Å². The van der Waals surface area contributed by atoms with E-state index in [9.17, 15) is 14.7 Å². The molecule has 1 aliphatic heterocycles. The molecular weight excluding hydrogens is 476 g/mol. The Labute approximate surface area is 225 Å². The number of ether oxygens (including phenoxy) is 1. The van der Waals surface area contributed by atoms with Crippen LogP contribution in [0.25, 0.3) is 5.76 Å². The molecule has 1 aliphatic rings. The Morgan fingerprint density at radius 2 is 1.50 bits per heavy atom. The van der Waals surface area contributed by atoms with Crippen LogP contribution in [0.15, 0.2) is 78.4 Å². The Balaban J connectivity index is 1.82. The minimum atomic E-state index is -0.760. The Bertz CT molecular complexity index is 1290. The maximum Gasteiger partial charge on any atom is 0.300 e. The first kappa shape index (κ1) is 27.0. The molecule has 1 N–H and O–H groups in total. The number of rotatable bonds is 10. The van der Waals surface area contributed by atoms with Crippen LogP contribution >= 0.6 is 0 Å². The van der Waals surface area contributed by atoms with Gasteiger partial charge in [-0.1, -0.05) is 38.1 Å².